The van der Waals surface area contributed by atoms with E-state index in [2.05, 4.69) is 21.9 Å². The molecular formula is C22H23ClFN5O3S. The Morgan fingerprint density at radius 1 is 1.24 bits per heavy atom. The first-order chi connectivity index (χ1) is 15.5. The lowest BCUT2D eigenvalue weighted by Gasteiger charge is -2.21. The molecule has 1 aromatic heterocycles. The van der Waals surface area contributed by atoms with Gasteiger partial charge in [-0.3, -0.25) is 9.52 Å². The number of piperidine rings is 1. The normalized spacial score (nSPS) is 22.4. The quantitative estimate of drug-likeness (QED) is 0.566. The van der Waals surface area contributed by atoms with Crippen molar-refractivity contribution in [1.29, 1.82) is 0 Å². The van der Waals surface area contributed by atoms with Crippen LogP contribution in [0.3, 0.4) is 0 Å². The smallest absolute Gasteiger partial charge is 0.301 e. The van der Waals surface area contributed by atoms with E-state index in [-0.39, 0.29) is 27.4 Å². The topological polar surface area (TPSA) is 96.3 Å². The van der Waals surface area contributed by atoms with Gasteiger partial charge in [0.05, 0.1) is 33.6 Å². The number of hydrogen-bond acceptors (Lipinski definition) is 5. The predicted molar refractivity (Wildman–Crippen MR) is 127 cm³/mol. The first-order valence-corrected chi connectivity index (χ1v) is 12.3. The largest absolute Gasteiger partial charge is 0.352 e. The molecule has 11 heteroatoms. The van der Waals surface area contributed by atoms with Crippen LogP contribution in [0, 0.1) is 24.1 Å². The minimum atomic E-state index is -3.83. The van der Waals surface area contributed by atoms with E-state index in [1.807, 2.05) is 0 Å². The van der Waals surface area contributed by atoms with Crippen molar-refractivity contribution in [1.82, 2.24) is 13.9 Å². The first kappa shape index (κ1) is 22.1. The Bertz CT molecular complexity index is 1480. The van der Waals surface area contributed by atoms with Gasteiger partial charge < -0.3 is 9.88 Å². The Labute approximate surface area is 195 Å². The molecule has 3 aromatic rings. The SMILES string of the molecule is Cc1c(Nc2c(F)ccc(NS(=O)(=O)N3CC4CC4(C)C3)c2Cl)ccc2ncn(C)c(=O)c12. The highest BCUT2D eigenvalue weighted by atomic mass is 35.5. The van der Waals surface area contributed by atoms with Gasteiger partial charge in [-0.15, -0.1) is 0 Å². The van der Waals surface area contributed by atoms with E-state index in [1.54, 1.807) is 26.1 Å². The Morgan fingerprint density at radius 2 is 1.97 bits per heavy atom. The van der Waals surface area contributed by atoms with E-state index in [0.29, 0.717) is 41.2 Å². The molecule has 2 heterocycles. The van der Waals surface area contributed by atoms with Crippen molar-refractivity contribution in [2.75, 3.05) is 23.1 Å². The van der Waals surface area contributed by atoms with Gasteiger partial charge in [0.1, 0.15) is 5.82 Å². The molecule has 0 radical (unpaired) electrons. The second-order valence-electron chi connectivity index (χ2n) is 9.16. The molecule has 1 aliphatic carbocycles. The zero-order valence-corrected chi connectivity index (χ0v) is 19.9. The monoisotopic (exact) mass is 491 g/mol. The number of nitrogens with one attached hydrogen (secondary N) is 2. The molecule has 8 nitrogen and oxygen atoms in total. The van der Waals surface area contributed by atoms with Gasteiger partial charge in [-0.2, -0.15) is 12.7 Å². The summed E-state index contributed by atoms with van der Waals surface area (Å²) in [6, 6.07) is 5.77. The van der Waals surface area contributed by atoms with Crippen LogP contribution in [-0.4, -0.2) is 35.4 Å². The summed E-state index contributed by atoms with van der Waals surface area (Å²) in [6.45, 7) is 4.73. The summed E-state index contributed by atoms with van der Waals surface area (Å²) in [7, 11) is -2.23. The number of rotatable bonds is 5. The number of aromatic nitrogens is 2. The van der Waals surface area contributed by atoms with Gasteiger partial charge in [-0.25, -0.2) is 9.37 Å². The van der Waals surface area contributed by atoms with Crippen LogP contribution >= 0.6 is 11.6 Å². The fraction of sp³-hybridized carbons (Fsp3) is 0.364. The third-order valence-corrected chi connectivity index (χ3v) is 8.61. The molecule has 1 aliphatic heterocycles. The molecule has 2 N–H and O–H groups in total. The number of anilines is 3. The molecule has 1 saturated heterocycles. The van der Waals surface area contributed by atoms with Gasteiger partial charge in [0, 0.05) is 25.8 Å². The fourth-order valence-electron chi connectivity index (χ4n) is 4.55. The van der Waals surface area contributed by atoms with Crippen molar-refractivity contribution >= 4 is 49.8 Å². The van der Waals surface area contributed by atoms with Crippen molar-refractivity contribution in [3.8, 4) is 0 Å². The summed E-state index contributed by atoms with van der Waals surface area (Å²) in [4.78, 5) is 16.8. The predicted octanol–water partition coefficient (Wildman–Crippen LogP) is 3.78. The van der Waals surface area contributed by atoms with Crippen molar-refractivity contribution in [3.05, 3.63) is 57.3 Å². The van der Waals surface area contributed by atoms with Crippen molar-refractivity contribution < 1.29 is 12.8 Å². The van der Waals surface area contributed by atoms with Crippen LogP contribution in [0.5, 0.6) is 0 Å². The lowest BCUT2D eigenvalue weighted by Crippen LogP contribution is -2.36. The molecule has 1 saturated carbocycles. The summed E-state index contributed by atoms with van der Waals surface area (Å²) in [6.07, 6.45) is 2.47. The van der Waals surface area contributed by atoms with E-state index >= 15 is 0 Å². The molecule has 174 valence electrons. The maximum atomic E-state index is 14.7. The number of benzene rings is 2. The lowest BCUT2D eigenvalue weighted by molar-refractivity contribution is 0.417. The molecule has 2 fully saturated rings. The van der Waals surface area contributed by atoms with Gasteiger partial charge in [0.2, 0.25) is 0 Å². The molecular weight excluding hydrogens is 469 g/mol. The van der Waals surface area contributed by atoms with Gasteiger partial charge in [0.25, 0.3) is 5.56 Å². The Balaban J connectivity index is 1.48. The molecule has 33 heavy (non-hydrogen) atoms. The van der Waals surface area contributed by atoms with Crippen LogP contribution < -0.4 is 15.6 Å². The molecule has 0 spiro atoms. The minimum Gasteiger partial charge on any atom is -0.352 e. The summed E-state index contributed by atoms with van der Waals surface area (Å²) in [5.74, 6) is -0.274. The number of nitrogens with zero attached hydrogens (tertiary/aromatic N) is 3. The number of halogens is 2. The second-order valence-corrected chi connectivity index (χ2v) is 11.2. The molecule has 0 bridgehead atoms. The van der Waals surface area contributed by atoms with Crippen molar-refractivity contribution in [2.45, 2.75) is 20.3 Å². The highest BCUT2D eigenvalue weighted by Crippen LogP contribution is 2.57. The first-order valence-electron chi connectivity index (χ1n) is 10.5. The van der Waals surface area contributed by atoms with Crippen LogP contribution in [0.2, 0.25) is 5.02 Å². The average Bonchev–Trinajstić information content (AvgIpc) is 3.27. The Hall–Kier alpha value is -2.69. The molecule has 2 aromatic carbocycles. The third-order valence-electron chi connectivity index (χ3n) is 6.78. The van der Waals surface area contributed by atoms with Gasteiger partial charge in [0.15, 0.2) is 0 Å². The van der Waals surface area contributed by atoms with Crippen molar-refractivity contribution in [2.24, 2.45) is 18.4 Å². The van der Waals surface area contributed by atoms with E-state index in [1.165, 1.54) is 21.3 Å². The number of aryl methyl sites for hydroxylation is 2. The van der Waals surface area contributed by atoms with Gasteiger partial charge >= 0.3 is 10.2 Å². The van der Waals surface area contributed by atoms with Crippen LogP contribution in [0.1, 0.15) is 18.9 Å². The summed E-state index contributed by atoms with van der Waals surface area (Å²) >= 11 is 6.44. The molecule has 5 rings (SSSR count). The Morgan fingerprint density at radius 3 is 2.67 bits per heavy atom. The zero-order valence-electron chi connectivity index (χ0n) is 18.3. The van der Waals surface area contributed by atoms with Crippen molar-refractivity contribution in [3.63, 3.8) is 0 Å². The lowest BCUT2D eigenvalue weighted by atomic mass is 10.1. The Kier molecular flexibility index (Phi) is 4.97. The maximum absolute atomic E-state index is 14.7. The number of fused-ring (bicyclic) bond motifs is 2. The molecule has 2 unspecified atom stereocenters. The van der Waals surface area contributed by atoms with Crippen LogP contribution in [-0.2, 0) is 17.3 Å². The third kappa shape index (κ3) is 3.66. The fourth-order valence-corrected chi connectivity index (χ4v) is 6.27. The second kappa shape index (κ2) is 7.41. The van der Waals surface area contributed by atoms with E-state index < -0.39 is 16.0 Å². The van der Waals surface area contributed by atoms with E-state index in [0.717, 1.165) is 12.5 Å². The van der Waals surface area contributed by atoms with Crippen LogP contribution in [0.4, 0.5) is 21.5 Å². The molecule has 2 atom stereocenters. The summed E-state index contributed by atoms with van der Waals surface area (Å²) in [5, 5.41) is 3.23. The van der Waals surface area contributed by atoms with Crippen LogP contribution in [0.15, 0.2) is 35.4 Å². The van der Waals surface area contributed by atoms with Crippen LogP contribution in [0.25, 0.3) is 10.9 Å². The maximum Gasteiger partial charge on any atom is 0.301 e. The number of hydrogen-bond donors (Lipinski definition) is 2. The summed E-state index contributed by atoms with van der Waals surface area (Å²) in [5.41, 5.74) is 1.36. The van der Waals surface area contributed by atoms with E-state index in [4.69, 9.17) is 11.6 Å². The van der Waals surface area contributed by atoms with E-state index in [9.17, 15) is 17.6 Å². The highest BCUT2D eigenvalue weighted by molar-refractivity contribution is 7.90. The van der Waals surface area contributed by atoms with Gasteiger partial charge in [-0.1, -0.05) is 18.5 Å². The zero-order chi connectivity index (χ0) is 23.7. The average molecular weight is 492 g/mol. The minimum absolute atomic E-state index is 0.0492. The highest BCUT2D eigenvalue weighted by Gasteiger charge is 2.58. The molecule has 2 aliphatic rings. The van der Waals surface area contributed by atoms with Gasteiger partial charge in [-0.05, 0) is 54.5 Å². The molecule has 0 amide bonds. The summed E-state index contributed by atoms with van der Waals surface area (Å²) < 4.78 is 45.8. The standard InChI is InChI=1S/C22H23ClFN5O3S/c1-12-15(6-7-16-18(12)21(30)28(3)11-25-16)26-20-14(24)4-5-17(19(20)23)27-33(31,32)29-9-13-8-22(13,2)10-29/h4-7,11,13,26-27H,8-10H2,1-3H3.